The lowest BCUT2D eigenvalue weighted by atomic mass is 10.1. The van der Waals surface area contributed by atoms with E-state index in [0.29, 0.717) is 23.8 Å². The first-order chi connectivity index (χ1) is 14.2. The van der Waals surface area contributed by atoms with Crippen LogP contribution in [0, 0.1) is 0 Å². The summed E-state index contributed by atoms with van der Waals surface area (Å²) in [5, 5.41) is 10.4. The lowest BCUT2D eigenvalue weighted by Crippen LogP contribution is -2.07. The predicted octanol–water partition coefficient (Wildman–Crippen LogP) is 4.15. The van der Waals surface area contributed by atoms with E-state index < -0.39 is 0 Å². The van der Waals surface area contributed by atoms with Crippen LogP contribution in [0.3, 0.4) is 0 Å². The van der Waals surface area contributed by atoms with E-state index in [1.54, 1.807) is 30.0 Å². The Morgan fingerprint density at radius 3 is 2.79 bits per heavy atom. The number of carbonyl (C=O) groups is 1. The minimum absolute atomic E-state index is 0.0681. The van der Waals surface area contributed by atoms with E-state index in [1.807, 2.05) is 18.2 Å². The number of ether oxygens (including phenoxy) is 2. The van der Waals surface area contributed by atoms with Crippen LogP contribution in [0.2, 0.25) is 0 Å². The number of aromatic nitrogens is 2. The molecule has 0 radical (unpaired) electrons. The third kappa shape index (κ3) is 4.97. The predicted molar refractivity (Wildman–Crippen MR) is 110 cm³/mol. The fourth-order valence-corrected chi connectivity index (χ4v) is 3.42. The molecule has 148 valence electrons. The van der Waals surface area contributed by atoms with Gasteiger partial charge in [0.1, 0.15) is 0 Å². The summed E-state index contributed by atoms with van der Waals surface area (Å²) in [5.74, 6) is 2.48. The van der Waals surface area contributed by atoms with Crippen LogP contribution in [0.25, 0.3) is 6.08 Å². The number of carbonyl (C=O) groups excluding carboxylic acids is 1. The number of nitrogens with one attached hydrogen (secondary N) is 1. The standard InChI is InChI=1S/C21H19N3O4S/c1-2-29-16-7-3-15(4-8-16)12-20-23-24-21(28-20)22-19(25)10-6-14-5-9-17-18(11-14)27-13-26-17/h3-11H,2,12-13H2,1H3,(H,22,24,25). The highest BCUT2D eigenvalue weighted by Gasteiger charge is 2.13. The lowest BCUT2D eigenvalue weighted by molar-refractivity contribution is -0.112. The van der Waals surface area contributed by atoms with E-state index in [1.165, 1.54) is 11.0 Å². The summed E-state index contributed by atoms with van der Waals surface area (Å²) in [4.78, 5) is 13.3. The smallest absolute Gasteiger partial charge is 0.322 e. The molecule has 0 saturated carbocycles. The zero-order valence-electron chi connectivity index (χ0n) is 15.8. The molecule has 0 spiro atoms. The second-order valence-corrected chi connectivity index (χ2v) is 7.53. The zero-order chi connectivity index (χ0) is 20.1. The van der Waals surface area contributed by atoms with Crippen molar-refractivity contribution >= 4 is 29.8 Å². The third-order valence-electron chi connectivity index (χ3n) is 4.11. The van der Waals surface area contributed by atoms with Crippen molar-refractivity contribution in [2.24, 2.45) is 0 Å². The molecule has 7 nitrogen and oxygen atoms in total. The van der Waals surface area contributed by atoms with E-state index in [0.717, 1.165) is 16.9 Å². The Morgan fingerprint density at radius 1 is 1.14 bits per heavy atom. The third-order valence-corrected chi connectivity index (χ3v) is 5.00. The van der Waals surface area contributed by atoms with Crippen molar-refractivity contribution in [2.75, 3.05) is 17.9 Å². The van der Waals surface area contributed by atoms with E-state index >= 15 is 0 Å². The molecule has 0 bridgehead atoms. The van der Waals surface area contributed by atoms with Gasteiger partial charge in [-0.15, -0.1) is 16.9 Å². The molecule has 1 N–H and O–H groups in total. The SMILES string of the molecule is CCSc1ccc(Cc2nnc(NC(=O)C=Cc3ccc4c(c3)OCO4)o2)cc1. The molecule has 1 aliphatic heterocycles. The van der Waals surface area contributed by atoms with Crippen LogP contribution in [0.5, 0.6) is 11.5 Å². The van der Waals surface area contributed by atoms with E-state index in [2.05, 4.69) is 34.6 Å². The highest BCUT2D eigenvalue weighted by atomic mass is 32.2. The molecule has 4 rings (SSSR count). The summed E-state index contributed by atoms with van der Waals surface area (Å²) in [6.45, 7) is 2.33. The molecular formula is C21H19N3O4S. The Balaban J connectivity index is 1.33. The lowest BCUT2D eigenvalue weighted by Gasteiger charge is -2.00. The molecule has 2 aromatic carbocycles. The van der Waals surface area contributed by atoms with Crippen molar-refractivity contribution in [3.63, 3.8) is 0 Å². The molecule has 0 fully saturated rings. The molecule has 29 heavy (non-hydrogen) atoms. The summed E-state index contributed by atoms with van der Waals surface area (Å²) in [6, 6.07) is 13.7. The van der Waals surface area contributed by atoms with Gasteiger partial charge in [-0.2, -0.15) is 0 Å². The topological polar surface area (TPSA) is 86.5 Å². The quantitative estimate of drug-likeness (QED) is 0.463. The fraction of sp³-hybridized carbons (Fsp3) is 0.190. The van der Waals surface area contributed by atoms with E-state index in [4.69, 9.17) is 13.9 Å². The zero-order valence-corrected chi connectivity index (χ0v) is 16.6. The summed E-state index contributed by atoms with van der Waals surface area (Å²) < 4.78 is 16.1. The van der Waals surface area contributed by atoms with E-state index in [-0.39, 0.29) is 18.7 Å². The summed E-state index contributed by atoms with van der Waals surface area (Å²) in [5.41, 5.74) is 1.88. The van der Waals surface area contributed by atoms with Crippen molar-refractivity contribution < 1.29 is 18.7 Å². The maximum Gasteiger partial charge on any atom is 0.322 e. The first-order valence-electron chi connectivity index (χ1n) is 9.12. The average Bonchev–Trinajstić information content (AvgIpc) is 3.37. The highest BCUT2D eigenvalue weighted by molar-refractivity contribution is 7.99. The normalized spacial score (nSPS) is 12.4. The van der Waals surface area contributed by atoms with Crippen LogP contribution in [0.4, 0.5) is 6.01 Å². The number of hydrogen-bond donors (Lipinski definition) is 1. The van der Waals surface area contributed by atoms with Gasteiger partial charge in [0, 0.05) is 11.0 Å². The molecule has 8 heteroatoms. The Kier molecular flexibility index (Phi) is 5.81. The van der Waals surface area contributed by atoms with Crippen LogP contribution in [-0.4, -0.2) is 28.7 Å². The van der Waals surface area contributed by atoms with Gasteiger partial charge in [0.15, 0.2) is 11.5 Å². The Hall–Kier alpha value is -3.26. The van der Waals surface area contributed by atoms with Crippen LogP contribution < -0.4 is 14.8 Å². The molecule has 0 unspecified atom stereocenters. The van der Waals surface area contributed by atoms with Gasteiger partial charge in [0.25, 0.3) is 5.91 Å². The number of fused-ring (bicyclic) bond motifs is 1. The van der Waals surface area contributed by atoms with Crippen molar-refractivity contribution in [3.8, 4) is 11.5 Å². The van der Waals surface area contributed by atoms with Gasteiger partial charge in [-0.05, 0) is 47.2 Å². The number of benzene rings is 2. The highest BCUT2D eigenvalue weighted by Crippen LogP contribution is 2.32. The molecule has 1 aromatic heterocycles. The second-order valence-electron chi connectivity index (χ2n) is 6.19. The second kappa shape index (κ2) is 8.83. The van der Waals surface area contributed by atoms with Crippen LogP contribution in [-0.2, 0) is 11.2 Å². The molecule has 0 aliphatic carbocycles. The molecular weight excluding hydrogens is 390 g/mol. The maximum atomic E-state index is 12.1. The van der Waals surface area contributed by atoms with Gasteiger partial charge in [0.2, 0.25) is 12.7 Å². The van der Waals surface area contributed by atoms with Crippen molar-refractivity contribution in [1.82, 2.24) is 10.2 Å². The molecule has 3 aromatic rings. The molecule has 2 heterocycles. The van der Waals surface area contributed by atoms with Gasteiger partial charge in [-0.1, -0.05) is 30.2 Å². The number of rotatable bonds is 7. The van der Waals surface area contributed by atoms with Crippen LogP contribution in [0.1, 0.15) is 23.9 Å². The Bertz CT molecular complexity index is 1030. The van der Waals surface area contributed by atoms with Crippen LogP contribution >= 0.6 is 11.8 Å². The number of nitrogens with zero attached hydrogens (tertiary/aromatic N) is 2. The van der Waals surface area contributed by atoms with Gasteiger partial charge in [0.05, 0.1) is 6.42 Å². The van der Waals surface area contributed by atoms with Crippen molar-refractivity contribution in [1.29, 1.82) is 0 Å². The van der Waals surface area contributed by atoms with Crippen LogP contribution in [0.15, 0.2) is 57.9 Å². The number of amides is 1. The molecule has 0 atom stereocenters. The van der Waals surface area contributed by atoms with Gasteiger partial charge >= 0.3 is 6.01 Å². The fourth-order valence-electron chi connectivity index (χ4n) is 2.76. The molecule has 0 saturated heterocycles. The monoisotopic (exact) mass is 409 g/mol. The number of anilines is 1. The summed E-state index contributed by atoms with van der Waals surface area (Å²) >= 11 is 1.79. The largest absolute Gasteiger partial charge is 0.454 e. The van der Waals surface area contributed by atoms with Gasteiger partial charge in [-0.25, -0.2) is 0 Å². The number of thioether (sulfide) groups is 1. The Morgan fingerprint density at radius 2 is 1.97 bits per heavy atom. The molecule has 1 amide bonds. The van der Waals surface area contributed by atoms with E-state index in [9.17, 15) is 4.79 Å². The minimum atomic E-state index is -0.362. The summed E-state index contributed by atoms with van der Waals surface area (Å²) in [6.07, 6.45) is 3.57. The first-order valence-corrected chi connectivity index (χ1v) is 10.1. The Labute approximate surface area is 172 Å². The molecule has 1 aliphatic rings. The van der Waals surface area contributed by atoms with Gasteiger partial charge < -0.3 is 13.9 Å². The average molecular weight is 409 g/mol. The number of hydrogen-bond acceptors (Lipinski definition) is 7. The first kappa shape index (κ1) is 19.1. The van der Waals surface area contributed by atoms with Crippen molar-refractivity contribution in [3.05, 3.63) is 65.6 Å². The van der Waals surface area contributed by atoms with Gasteiger partial charge in [-0.3, -0.25) is 10.1 Å². The van der Waals surface area contributed by atoms with Crippen molar-refractivity contribution in [2.45, 2.75) is 18.2 Å². The minimum Gasteiger partial charge on any atom is -0.454 e. The maximum absolute atomic E-state index is 12.1. The summed E-state index contributed by atoms with van der Waals surface area (Å²) in [7, 11) is 0.